The van der Waals surface area contributed by atoms with E-state index in [1.54, 1.807) is 19.6 Å². The van der Waals surface area contributed by atoms with E-state index in [0.29, 0.717) is 13.2 Å². The Bertz CT molecular complexity index is 678. The standard InChI is InChI=1S/C20H30N4O3/c1-26-19-6-2-4-17(20(19)27-13-12-24-11-8-22-16-24)14-21-7-10-23-9-3-5-18(25)15-23/h2,4,6,8,11,16,18,21,25H,3,5,7,9-10,12-15H2,1H3. The molecule has 2 heterocycles. The Hall–Kier alpha value is -2.09. The molecular formula is C20H30N4O3. The van der Waals surface area contributed by atoms with Crippen LogP contribution in [0, 0.1) is 0 Å². The highest BCUT2D eigenvalue weighted by Crippen LogP contribution is 2.31. The molecule has 1 atom stereocenters. The highest BCUT2D eigenvalue weighted by Gasteiger charge is 2.17. The van der Waals surface area contributed by atoms with Crippen molar-refractivity contribution >= 4 is 0 Å². The Labute approximate surface area is 160 Å². The molecule has 1 aromatic carbocycles. The quantitative estimate of drug-likeness (QED) is 0.615. The largest absolute Gasteiger partial charge is 0.493 e. The van der Waals surface area contributed by atoms with Gasteiger partial charge in [0.1, 0.15) is 6.61 Å². The van der Waals surface area contributed by atoms with Gasteiger partial charge in [-0.05, 0) is 25.5 Å². The number of piperidine rings is 1. The lowest BCUT2D eigenvalue weighted by Gasteiger charge is -2.29. The molecule has 1 unspecified atom stereocenters. The summed E-state index contributed by atoms with van der Waals surface area (Å²) in [6.45, 7) is 5.67. The molecule has 0 saturated carbocycles. The van der Waals surface area contributed by atoms with Crippen LogP contribution in [0.5, 0.6) is 11.5 Å². The van der Waals surface area contributed by atoms with E-state index in [1.807, 2.05) is 22.9 Å². The molecule has 0 bridgehead atoms. The van der Waals surface area contributed by atoms with Crippen LogP contribution in [0.4, 0.5) is 0 Å². The average Bonchev–Trinajstić information content (AvgIpc) is 3.19. The van der Waals surface area contributed by atoms with Crippen molar-refractivity contribution in [1.29, 1.82) is 0 Å². The highest BCUT2D eigenvalue weighted by atomic mass is 16.5. The average molecular weight is 374 g/mol. The predicted octanol–water partition coefficient (Wildman–Crippen LogP) is 1.52. The number of hydrogen-bond donors (Lipinski definition) is 2. The Morgan fingerprint density at radius 3 is 3.04 bits per heavy atom. The van der Waals surface area contributed by atoms with Crippen molar-refractivity contribution in [3.05, 3.63) is 42.5 Å². The monoisotopic (exact) mass is 374 g/mol. The van der Waals surface area contributed by atoms with Gasteiger partial charge in [0.15, 0.2) is 11.5 Å². The van der Waals surface area contributed by atoms with Gasteiger partial charge in [-0.2, -0.15) is 0 Å². The zero-order chi connectivity index (χ0) is 18.9. The first-order valence-electron chi connectivity index (χ1n) is 9.62. The molecule has 2 N–H and O–H groups in total. The SMILES string of the molecule is COc1cccc(CNCCN2CCCC(O)C2)c1OCCn1ccnc1. The third kappa shape index (κ3) is 5.95. The molecule has 7 heteroatoms. The van der Waals surface area contributed by atoms with Gasteiger partial charge in [-0.3, -0.25) is 4.90 Å². The number of likely N-dealkylation sites (tertiary alicyclic amines) is 1. The highest BCUT2D eigenvalue weighted by molar-refractivity contribution is 5.46. The van der Waals surface area contributed by atoms with E-state index in [2.05, 4.69) is 21.3 Å². The molecule has 27 heavy (non-hydrogen) atoms. The van der Waals surface area contributed by atoms with Gasteiger partial charge < -0.3 is 24.5 Å². The van der Waals surface area contributed by atoms with E-state index in [9.17, 15) is 5.11 Å². The van der Waals surface area contributed by atoms with E-state index < -0.39 is 0 Å². The number of aliphatic hydroxyl groups excluding tert-OH is 1. The first kappa shape index (κ1) is 19.7. The minimum atomic E-state index is -0.173. The zero-order valence-electron chi connectivity index (χ0n) is 16.0. The third-order valence-corrected chi connectivity index (χ3v) is 4.84. The molecule has 0 radical (unpaired) electrons. The second-order valence-corrected chi connectivity index (χ2v) is 6.87. The van der Waals surface area contributed by atoms with Crippen molar-refractivity contribution in [2.75, 3.05) is 39.9 Å². The van der Waals surface area contributed by atoms with Crippen molar-refractivity contribution < 1.29 is 14.6 Å². The maximum atomic E-state index is 9.76. The summed E-state index contributed by atoms with van der Waals surface area (Å²) in [7, 11) is 1.66. The Morgan fingerprint density at radius 2 is 2.26 bits per heavy atom. The molecule has 7 nitrogen and oxygen atoms in total. The lowest BCUT2D eigenvalue weighted by Crippen LogP contribution is -2.41. The fourth-order valence-electron chi connectivity index (χ4n) is 3.39. The zero-order valence-corrected chi connectivity index (χ0v) is 16.0. The van der Waals surface area contributed by atoms with E-state index in [-0.39, 0.29) is 6.10 Å². The number of benzene rings is 1. The van der Waals surface area contributed by atoms with Crippen molar-refractivity contribution in [2.24, 2.45) is 0 Å². The molecular weight excluding hydrogens is 344 g/mol. The molecule has 1 fully saturated rings. The summed E-state index contributed by atoms with van der Waals surface area (Å²) in [5.74, 6) is 1.54. The summed E-state index contributed by atoms with van der Waals surface area (Å²) in [5.41, 5.74) is 1.08. The number of imidazole rings is 1. The molecule has 0 amide bonds. The van der Waals surface area contributed by atoms with Gasteiger partial charge >= 0.3 is 0 Å². The number of β-amino-alcohol motifs (C(OH)–C–C–N with tert-alkyl or cyclic N) is 1. The van der Waals surface area contributed by atoms with Crippen LogP contribution < -0.4 is 14.8 Å². The number of rotatable bonds is 10. The number of aliphatic hydroxyl groups is 1. The molecule has 1 aromatic heterocycles. The van der Waals surface area contributed by atoms with Crippen LogP contribution in [0.25, 0.3) is 0 Å². The van der Waals surface area contributed by atoms with Gasteiger partial charge in [0.2, 0.25) is 0 Å². The summed E-state index contributed by atoms with van der Waals surface area (Å²) in [6.07, 6.45) is 7.30. The topological polar surface area (TPSA) is 71.8 Å². The summed E-state index contributed by atoms with van der Waals surface area (Å²) < 4.78 is 13.5. The van der Waals surface area contributed by atoms with Crippen molar-refractivity contribution in [1.82, 2.24) is 19.8 Å². The molecule has 2 aromatic rings. The van der Waals surface area contributed by atoms with Crippen LogP contribution in [-0.4, -0.2) is 65.6 Å². The second kappa shape index (κ2) is 10.3. The van der Waals surface area contributed by atoms with Gasteiger partial charge in [0, 0.05) is 44.1 Å². The number of aromatic nitrogens is 2. The molecule has 0 spiro atoms. The van der Waals surface area contributed by atoms with Crippen LogP contribution in [0.1, 0.15) is 18.4 Å². The Balaban J connectivity index is 1.49. The van der Waals surface area contributed by atoms with Gasteiger partial charge in [-0.1, -0.05) is 12.1 Å². The third-order valence-electron chi connectivity index (χ3n) is 4.84. The maximum absolute atomic E-state index is 9.76. The number of nitrogens with zero attached hydrogens (tertiary/aromatic N) is 3. The van der Waals surface area contributed by atoms with E-state index in [0.717, 1.165) is 62.6 Å². The summed E-state index contributed by atoms with van der Waals surface area (Å²) >= 11 is 0. The molecule has 3 rings (SSSR count). The lowest BCUT2D eigenvalue weighted by atomic mass is 10.1. The minimum Gasteiger partial charge on any atom is -0.493 e. The number of nitrogens with one attached hydrogen (secondary N) is 1. The predicted molar refractivity (Wildman–Crippen MR) is 104 cm³/mol. The first-order valence-corrected chi connectivity index (χ1v) is 9.62. The Morgan fingerprint density at radius 1 is 1.33 bits per heavy atom. The normalized spacial score (nSPS) is 17.8. The van der Waals surface area contributed by atoms with Crippen LogP contribution in [0.2, 0.25) is 0 Å². The first-order chi connectivity index (χ1) is 13.3. The molecule has 148 valence electrons. The van der Waals surface area contributed by atoms with Gasteiger partial charge in [0.25, 0.3) is 0 Å². The Kier molecular flexibility index (Phi) is 7.50. The van der Waals surface area contributed by atoms with E-state index in [4.69, 9.17) is 9.47 Å². The van der Waals surface area contributed by atoms with Crippen molar-refractivity contribution in [3.63, 3.8) is 0 Å². The second-order valence-electron chi connectivity index (χ2n) is 6.87. The molecule has 1 aliphatic heterocycles. The smallest absolute Gasteiger partial charge is 0.165 e. The summed E-state index contributed by atoms with van der Waals surface area (Å²) in [5, 5.41) is 13.2. The van der Waals surface area contributed by atoms with Gasteiger partial charge in [0.05, 0.1) is 26.1 Å². The number of hydrogen-bond acceptors (Lipinski definition) is 6. The van der Waals surface area contributed by atoms with Crippen LogP contribution in [-0.2, 0) is 13.1 Å². The number of ether oxygens (including phenoxy) is 2. The van der Waals surface area contributed by atoms with Gasteiger partial charge in [-0.25, -0.2) is 4.98 Å². The van der Waals surface area contributed by atoms with Crippen molar-refractivity contribution in [3.8, 4) is 11.5 Å². The number of methoxy groups -OCH3 is 1. The summed E-state index contributed by atoms with van der Waals surface area (Å²) in [4.78, 5) is 6.36. The minimum absolute atomic E-state index is 0.173. The fourth-order valence-corrected chi connectivity index (χ4v) is 3.39. The van der Waals surface area contributed by atoms with Crippen molar-refractivity contribution in [2.45, 2.75) is 32.0 Å². The molecule has 0 aliphatic carbocycles. The molecule has 1 aliphatic rings. The van der Waals surface area contributed by atoms with Crippen LogP contribution in [0.3, 0.4) is 0 Å². The van der Waals surface area contributed by atoms with Crippen LogP contribution in [0.15, 0.2) is 36.9 Å². The maximum Gasteiger partial charge on any atom is 0.165 e. The van der Waals surface area contributed by atoms with E-state index in [1.165, 1.54) is 0 Å². The molecule has 1 saturated heterocycles. The fraction of sp³-hybridized carbons (Fsp3) is 0.550. The van der Waals surface area contributed by atoms with E-state index >= 15 is 0 Å². The summed E-state index contributed by atoms with van der Waals surface area (Å²) in [6, 6.07) is 5.97. The number of para-hydroxylation sites is 1. The lowest BCUT2D eigenvalue weighted by molar-refractivity contribution is 0.0712. The van der Waals surface area contributed by atoms with Crippen LogP contribution >= 0.6 is 0 Å². The van der Waals surface area contributed by atoms with Gasteiger partial charge in [-0.15, -0.1) is 0 Å².